The van der Waals surface area contributed by atoms with Gasteiger partial charge < -0.3 is 9.47 Å². The third kappa shape index (κ3) is 4.74. The number of para-hydroxylation sites is 1. The first-order valence-corrected chi connectivity index (χ1v) is 13.3. The second kappa shape index (κ2) is 10.0. The molecule has 0 saturated carbocycles. The molecular formula is C31H29ClFN3O2. The molecule has 0 bridgehead atoms. The normalized spacial score (nSPS) is 19.6. The number of benzene rings is 2. The van der Waals surface area contributed by atoms with Crippen molar-refractivity contribution in [2.45, 2.75) is 44.9 Å². The van der Waals surface area contributed by atoms with Crippen molar-refractivity contribution in [3.05, 3.63) is 106 Å². The van der Waals surface area contributed by atoms with Gasteiger partial charge in [-0.1, -0.05) is 23.7 Å². The van der Waals surface area contributed by atoms with Gasteiger partial charge in [0.25, 0.3) is 5.79 Å². The molecule has 1 saturated heterocycles. The Labute approximate surface area is 227 Å². The van der Waals surface area contributed by atoms with Crippen molar-refractivity contribution in [2.75, 3.05) is 13.1 Å². The van der Waals surface area contributed by atoms with E-state index in [1.807, 2.05) is 30.5 Å². The van der Waals surface area contributed by atoms with E-state index in [1.165, 1.54) is 11.6 Å². The number of pyridine rings is 2. The molecule has 0 aliphatic carbocycles. The summed E-state index contributed by atoms with van der Waals surface area (Å²) in [6.45, 7) is 6.64. The number of aryl methyl sites for hydroxylation is 1. The number of rotatable bonds is 5. The van der Waals surface area contributed by atoms with E-state index in [0.717, 1.165) is 54.9 Å². The molecule has 0 unspecified atom stereocenters. The van der Waals surface area contributed by atoms with E-state index in [4.69, 9.17) is 26.1 Å². The minimum Gasteiger partial charge on any atom is -0.444 e. The SMILES string of the molecule is Cc1cc(-c2ccncc2)cnc1CN1CCC(c2cccc3c2O[C@@](C)(c2ccc(Cl)cc2F)O3)CC1. The molecule has 1 atom stereocenters. The number of likely N-dealkylation sites (tertiary alicyclic amines) is 1. The highest BCUT2D eigenvalue weighted by Gasteiger charge is 2.42. The number of nitrogens with zero attached hydrogens (tertiary/aromatic N) is 3. The molecule has 5 nitrogen and oxygen atoms in total. The van der Waals surface area contributed by atoms with E-state index >= 15 is 0 Å². The molecule has 0 N–H and O–H groups in total. The zero-order valence-corrected chi connectivity index (χ0v) is 22.2. The molecule has 0 amide bonds. The second-order valence-corrected chi connectivity index (χ2v) is 10.7. The second-order valence-electron chi connectivity index (χ2n) is 10.2. The molecule has 2 aromatic heterocycles. The van der Waals surface area contributed by atoms with Crippen LogP contribution in [0.5, 0.6) is 11.5 Å². The Morgan fingerprint density at radius 3 is 2.55 bits per heavy atom. The number of piperidine rings is 1. The maximum atomic E-state index is 14.7. The Morgan fingerprint density at radius 2 is 1.82 bits per heavy atom. The lowest BCUT2D eigenvalue weighted by atomic mass is 9.88. The van der Waals surface area contributed by atoms with Crippen LogP contribution in [-0.2, 0) is 12.3 Å². The molecule has 7 heteroatoms. The first-order valence-electron chi connectivity index (χ1n) is 12.9. The number of hydrogen-bond acceptors (Lipinski definition) is 5. The van der Waals surface area contributed by atoms with Crippen LogP contribution in [0, 0.1) is 12.7 Å². The van der Waals surface area contributed by atoms with Crippen molar-refractivity contribution in [3.63, 3.8) is 0 Å². The van der Waals surface area contributed by atoms with Gasteiger partial charge in [-0.25, -0.2) is 4.39 Å². The van der Waals surface area contributed by atoms with E-state index in [-0.39, 0.29) is 0 Å². The van der Waals surface area contributed by atoms with Gasteiger partial charge in [-0.15, -0.1) is 0 Å². The van der Waals surface area contributed by atoms with Crippen LogP contribution in [0.1, 0.15) is 48.1 Å². The number of aromatic nitrogens is 2. The maximum Gasteiger partial charge on any atom is 0.278 e. The molecule has 6 rings (SSSR count). The predicted octanol–water partition coefficient (Wildman–Crippen LogP) is 7.27. The van der Waals surface area contributed by atoms with Gasteiger partial charge in [-0.05, 0) is 92.4 Å². The van der Waals surface area contributed by atoms with Crippen LogP contribution < -0.4 is 9.47 Å². The van der Waals surface area contributed by atoms with Crippen LogP contribution in [0.3, 0.4) is 0 Å². The van der Waals surface area contributed by atoms with Gasteiger partial charge in [0.2, 0.25) is 0 Å². The van der Waals surface area contributed by atoms with Gasteiger partial charge in [-0.2, -0.15) is 0 Å². The molecule has 4 aromatic rings. The highest BCUT2D eigenvalue weighted by atomic mass is 35.5. The molecule has 2 aromatic carbocycles. The molecule has 4 heterocycles. The van der Waals surface area contributed by atoms with Crippen molar-refractivity contribution in [3.8, 4) is 22.6 Å². The van der Waals surface area contributed by atoms with Crippen LogP contribution in [0.25, 0.3) is 11.1 Å². The Bertz CT molecular complexity index is 1470. The van der Waals surface area contributed by atoms with Crippen molar-refractivity contribution < 1.29 is 13.9 Å². The lowest BCUT2D eigenvalue weighted by Crippen LogP contribution is -2.34. The third-order valence-corrected chi connectivity index (χ3v) is 7.87. The first kappa shape index (κ1) is 24.8. The van der Waals surface area contributed by atoms with Crippen LogP contribution in [0.15, 0.2) is 73.2 Å². The third-order valence-electron chi connectivity index (χ3n) is 7.63. The largest absolute Gasteiger partial charge is 0.444 e. The summed E-state index contributed by atoms with van der Waals surface area (Å²) < 4.78 is 27.2. The summed E-state index contributed by atoms with van der Waals surface area (Å²) in [5.74, 6) is 0.0213. The van der Waals surface area contributed by atoms with Crippen molar-refractivity contribution in [1.82, 2.24) is 14.9 Å². The number of ether oxygens (including phenoxy) is 2. The van der Waals surface area contributed by atoms with Gasteiger partial charge in [0, 0.05) is 48.2 Å². The zero-order valence-electron chi connectivity index (χ0n) is 21.5. The minimum absolute atomic E-state index is 0.330. The maximum absolute atomic E-state index is 14.7. The topological polar surface area (TPSA) is 47.5 Å². The summed E-state index contributed by atoms with van der Waals surface area (Å²) in [4.78, 5) is 11.4. The van der Waals surface area contributed by atoms with Gasteiger partial charge >= 0.3 is 0 Å². The summed E-state index contributed by atoms with van der Waals surface area (Å²) in [6.07, 6.45) is 7.56. The van der Waals surface area contributed by atoms with E-state index in [9.17, 15) is 4.39 Å². The highest BCUT2D eigenvalue weighted by molar-refractivity contribution is 6.30. The lowest BCUT2D eigenvalue weighted by molar-refractivity contribution is -0.0712. The number of halogens is 2. The van der Waals surface area contributed by atoms with Crippen molar-refractivity contribution in [2.24, 2.45) is 0 Å². The molecule has 2 aliphatic rings. The fourth-order valence-corrected chi connectivity index (χ4v) is 5.68. The fraction of sp³-hybridized carbons (Fsp3) is 0.290. The zero-order chi connectivity index (χ0) is 26.3. The van der Waals surface area contributed by atoms with Gasteiger partial charge in [0.15, 0.2) is 11.5 Å². The summed E-state index contributed by atoms with van der Waals surface area (Å²) in [7, 11) is 0. The Kier molecular flexibility index (Phi) is 6.54. The Morgan fingerprint density at radius 1 is 1.03 bits per heavy atom. The highest BCUT2D eigenvalue weighted by Crippen LogP contribution is 2.49. The molecule has 38 heavy (non-hydrogen) atoms. The molecule has 194 valence electrons. The fourth-order valence-electron chi connectivity index (χ4n) is 5.52. The molecule has 1 fully saturated rings. The van der Waals surface area contributed by atoms with Crippen molar-refractivity contribution in [1.29, 1.82) is 0 Å². The van der Waals surface area contributed by atoms with Crippen molar-refractivity contribution >= 4 is 11.6 Å². The van der Waals surface area contributed by atoms with E-state index in [0.29, 0.717) is 28.0 Å². The molecule has 0 spiro atoms. The monoisotopic (exact) mass is 529 g/mol. The molecule has 2 aliphatic heterocycles. The van der Waals surface area contributed by atoms with E-state index < -0.39 is 11.6 Å². The van der Waals surface area contributed by atoms with Gasteiger partial charge in [0.05, 0.1) is 11.3 Å². The Hall–Kier alpha value is -3.48. The summed E-state index contributed by atoms with van der Waals surface area (Å²) in [6, 6.07) is 16.8. The van der Waals surface area contributed by atoms with Crippen LogP contribution >= 0.6 is 11.6 Å². The minimum atomic E-state index is -1.24. The first-order chi connectivity index (χ1) is 18.4. The number of hydrogen-bond donors (Lipinski definition) is 0. The molecular weight excluding hydrogens is 501 g/mol. The predicted molar refractivity (Wildman–Crippen MR) is 146 cm³/mol. The van der Waals surface area contributed by atoms with Gasteiger partial charge in [0.1, 0.15) is 5.82 Å². The lowest BCUT2D eigenvalue weighted by Gasteiger charge is -2.32. The summed E-state index contributed by atoms with van der Waals surface area (Å²) in [5.41, 5.74) is 5.99. The molecule has 0 radical (unpaired) electrons. The van der Waals surface area contributed by atoms with Gasteiger partial charge in [-0.3, -0.25) is 14.9 Å². The number of fused-ring (bicyclic) bond motifs is 1. The summed E-state index contributed by atoms with van der Waals surface area (Å²) in [5, 5.41) is 0.341. The smallest absolute Gasteiger partial charge is 0.278 e. The van der Waals surface area contributed by atoms with Crippen LogP contribution in [0.4, 0.5) is 4.39 Å². The summed E-state index contributed by atoms with van der Waals surface area (Å²) >= 11 is 5.96. The Balaban J connectivity index is 1.13. The van der Waals surface area contributed by atoms with E-state index in [1.54, 1.807) is 31.5 Å². The quantitative estimate of drug-likeness (QED) is 0.272. The van der Waals surface area contributed by atoms with E-state index in [2.05, 4.69) is 28.9 Å². The standard InChI is InChI=1S/C31H29ClFN3O2/c1-20-16-23(21-8-12-34-13-9-21)18-35-28(20)19-36-14-10-22(11-15-36)25-4-3-5-29-30(25)38-31(2,37-29)26-7-6-24(32)17-27(26)33/h3-9,12-13,16-18,22H,10-11,14-15,19H2,1-2H3/t31-/m0/s1. The average molecular weight is 530 g/mol. The average Bonchev–Trinajstić information content (AvgIpc) is 3.28. The van der Waals surface area contributed by atoms with Crippen LogP contribution in [-0.4, -0.2) is 28.0 Å². The van der Waals surface area contributed by atoms with Crippen LogP contribution in [0.2, 0.25) is 5.02 Å².